The minimum absolute atomic E-state index is 0.0348. The van der Waals surface area contributed by atoms with Crippen LogP contribution in [0.25, 0.3) is 11.1 Å². The van der Waals surface area contributed by atoms with Crippen LogP contribution < -0.4 is 4.90 Å². The summed E-state index contributed by atoms with van der Waals surface area (Å²) in [5.74, 6) is -3.70. The topological polar surface area (TPSA) is 97.6 Å². The minimum atomic E-state index is -1.57. The number of anilines is 1. The highest BCUT2D eigenvalue weighted by Crippen LogP contribution is 2.74. The summed E-state index contributed by atoms with van der Waals surface area (Å²) in [6.07, 6.45) is 0. The van der Waals surface area contributed by atoms with Crippen LogP contribution in [0.4, 0.5) is 11.4 Å². The lowest BCUT2D eigenvalue weighted by Crippen LogP contribution is -2.45. The number of ketones is 1. The van der Waals surface area contributed by atoms with Gasteiger partial charge in [0.15, 0.2) is 5.78 Å². The van der Waals surface area contributed by atoms with Crippen LogP contribution in [0.15, 0.2) is 127 Å². The second kappa shape index (κ2) is 10.9. The Labute approximate surface area is 287 Å². The zero-order chi connectivity index (χ0) is 34.2. The zero-order valence-electron chi connectivity index (χ0n) is 26.6. The molecule has 49 heavy (non-hydrogen) atoms. The number of nitrogens with zero attached hydrogens (tertiary/aromatic N) is 2. The Kier molecular flexibility index (Phi) is 6.84. The third kappa shape index (κ3) is 3.99. The molecule has 7 nitrogen and oxygen atoms in total. The van der Waals surface area contributed by atoms with Crippen LogP contribution >= 0.6 is 11.6 Å². The van der Waals surface area contributed by atoms with Crippen LogP contribution in [0.5, 0.6) is 0 Å². The largest absolute Gasteiger partial charge is 0.297 e. The van der Waals surface area contributed by atoms with Crippen molar-refractivity contribution in [1.82, 2.24) is 0 Å². The summed E-state index contributed by atoms with van der Waals surface area (Å²) in [7, 11) is 0. The normalized spacial score (nSPS) is 24.1. The van der Waals surface area contributed by atoms with Gasteiger partial charge >= 0.3 is 0 Å². The Hall–Kier alpha value is -5.66. The number of fused-ring (bicyclic) bond motifs is 5. The zero-order valence-corrected chi connectivity index (χ0v) is 27.3. The van der Waals surface area contributed by atoms with Crippen LogP contribution in [-0.4, -0.2) is 22.5 Å². The second-order valence-electron chi connectivity index (χ2n) is 13.0. The van der Waals surface area contributed by atoms with Crippen LogP contribution in [0.2, 0.25) is 5.02 Å². The number of nitro benzene ring substituents is 1. The fourth-order valence-corrected chi connectivity index (χ4v) is 8.79. The first kappa shape index (κ1) is 30.7. The van der Waals surface area contributed by atoms with E-state index in [1.807, 2.05) is 123 Å². The number of hydrogen-bond donors (Lipinski definition) is 0. The number of carbonyl (C=O) groups is 3. The van der Waals surface area contributed by atoms with Gasteiger partial charge in [0, 0.05) is 6.07 Å². The molecule has 2 bridgehead atoms. The highest BCUT2D eigenvalue weighted by Gasteiger charge is 2.82. The second-order valence-corrected chi connectivity index (χ2v) is 13.4. The SMILES string of the molecule is Cc1ccc(C2=C(c3ccc(C)cc3)[C@@]3(c4ccccc4)C(=O)[C@@]2(c2ccccc2)[C@@H]2C(=O)N(c4ccc(Cl)c([N+](=O)[O-])c4)C(=O)[C@H]23)cc1. The molecule has 2 amide bonds. The lowest BCUT2D eigenvalue weighted by Gasteiger charge is -2.39. The van der Waals surface area contributed by atoms with Crippen LogP contribution in [-0.2, 0) is 25.2 Å². The number of carbonyl (C=O) groups excluding carboxylic acids is 3. The number of aryl methyl sites for hydroxylation is 2. The third-order valence-electron chi connectivity index (χ3n) is 10.5. The lowest BCUT2D eigenvalue weighted by molar-refractivity contribution is -0.384. The number of halogens is 1. The van der Waals surface area contributed by atoms with E-state index in [4.69, 9.17) is 11.6 Å². The van der Waals surface area contributed by atoms with Crippen LogP contribution in [0.1, 0.15) is 33.4 Å². The molecule has 0 spiro atoms. The predicted molar refractivity (Wildman–Crippen MR) is 188 cm³/mol. The van der Waals surface area contributed by atoms with Gasteiger partial charge in [0.2, 0.25) is 11.8 Å². The molecule has 8 rings (SSSR count). The maximum absolute atomic E-state index is 16.0. The van der Waals surface area contributed by atoms with Gasteiger partial charge in [0.1, 0.15) is 5.02 Å². The highest BCUT2D eigenvalue weighted by atomic mass is 35.5. The van der Waals surface area contributed by atoms with Crippen molar-refractivity contribution in [3.63, 3.8) is 0 Å². The van der Waals surface area contributed by atoms with Gasteiger partial charge in [-0.25, -0.2) is 4.90 Å². The molecule has 1 aliphatic heterocycles. The van der Waals surface area contributed by atoms with Crippen molar-refractivity contribution in [1.29, 1.82) is 0 Å². The molecule has 8 heteroatoms. The first-order valence-corrected chi connectivity index (χ1v) is 16.4. The first-order valence-electron chi connectivity index (χ1n) is 16.0. The summed E-state index contributed by atoms with van der Waals surface area (Å²) >= 11 is 6.16. The van der Waals surface area contributed by atoms with E-state index in [1.165, 1.54) is 12.1 Å². The van der Waals surface area contributed by atoms with Crippen molar-refractivity contribution >= 4 is 51.7 Å². The maximum atomic E-state index is 16.0. The molecule has 1 saturated heterocycles. The highest BCUT2D eigenvalue weighted by molar-refractivity contribution is 6.39. The van der Waals surface area contributed by atoms with E-state index in [0.29, 0.717) is 22.3 Å². The fourth-order valence-electron chi connectivity index (χ4n) is 8.60. The predicted octanol–water partition coefficient (Wildman–Crippen LogP) is 8.05. The van der Waals surface area contributed by atoms with E-state index in [1.54, 1.807) is 0 Å². The smallest absolute Gasteiger partial charge is 0.289 e. The molecule has 5 aromatic carbocycles. The van der Waals surface area contributed by atoms with E-state index in [0.717, 1.165) is 33.2 Å². The van der Waals surface area contributed by atoms with Crippen molar-refractivity contribution in [2.24, 2.45) is 11.8 Å². The molecule has 1 saturated carbocycles. The quantitative estimate of drug-likeness (QED) is 0.104. The molecule has 3 aliphatic rings. The summed E-state index contributed by atoms with van der Waals surface area (Å²) in [5.41, 5.74) is 2.65. The number of nitro groups is 1. The van der Waals surface area contributed by atoms with E-state index >= 15 is 14.4 Å². The Morgan fingerprint density at radius 2 is 1.06 bits per heavy atom. The molecular weight excluding hydrogens is 636 g/mol. The molecular formula is C41H29ClN2O5. The minimum Gasteiger partial charge on any atom is -0.297 e. The van der Waals surface area contributed by atoms with E-state index in [9.17, 15) is 10.1 Å². The van der Waals surface area contributed by atoms with Crippen LogP contribution in [0, 0.1) is 35.8 Å². The summed E-state index contributed by atoms with van der Waals surface area (Å²) < 4.78 is 0. The molecule has 5 aromatic rings. The number of amides is 2. The van der Waals surface area contributed by atoms with Crippen molar-refractivity contribution in [3.05, 3.63) is 176 Å². The molecule has 0 unspecified atom stereocenters. The molecule has 2 fully saturated rings. The summed E-state index contributed by atoms with van der Waals surface area (Å²) in [6.45, 7) is 3.98. The maximum Gasteiger partial charge on any atom is 0.289 e. The number of rotatable bonds is 6. The summed E-state index contributed by atoms with van der Waals surface area (Å²) in [5, 5.41) is 11.8. The average Bonchev–Trinajstić information content (AvgIpc) is 3.62. The van der Waals surface area contributed by atoms with Gasteiger partial charge in [-0.2, -0.15) is 0 Å². The van der Waals surface area contributed by atoms with Gasteiger partial charge in [-0.3, -0.25) is 24.5 Å². The fraction of sp³-hybridized carbons (Fsp3) is 0.146. The summed E-state index contributed by atoms with van der Waals surface area (Å²) in [4.78, 5) is 58.5. The monoisotopic (exact) mass is 664 g/mol. The van der Waals surface area contributed by atoms with Crippen molar-refractivity contribution in [2.45, 2.75) is 24.7 Å². The number of benzene rings is 5. The van der Waals surface area contributed by atoms with Gasteiger partial charge < -0.3 is 0 Å². The van der Waals surface area contributed by atoms with Crippen molar-refractivity contribution in [2.75, 3.05) is 4.90 Å². The molecule has 1 heterocycles. The van der Waals surface area contributed by atoms with E-state index in [2.05, 4.69) is 0 Å². The van der Waals surface area contributed by atoms with E-state index < -0.39 is 45.1 Å². The Morgan fingerprint density at radius 3 is 1.47 bits per heavy atom. The number of Topliss-reactive ketones (excluding diaryl/α,β-unsaturated/α-hetero) is 1. The molecule has 0 radical (unpaired) electrons. The lowest BCUT2D eigenvalue weighted by atomic mass is 9.59. The van der Waals surface area contributed by atoms with Crippen LogP contribution in [0.3, 0.4) is 0 Å². The Morgan fingerprint density at radius 1 is 0.633 bits per heavy atom. The average molecular weight is 665 g/mol. The van der Waals surface area contributed by atoms with E-state index in [-0.39, 0.29) is 16.5 Å². The Balaban J connectivity index is 1.53. The standard InChI is InChI=1S/C41H29ClN2O5/c1-24-13-17-26(18-14-24)33-34(27-19-15-25(2)16-20-27)41(29-11-7-4-8-12-29)36-35(40(33,39(41)47)28-9-5-3-6-10-28)37(45)43(38(36)46)30-21-22-31(42)32(23-30)44(48)49/h3-23,35-36H,1-2H3/t35-,36-,40+,41+/m0/s1. The molecule has 240 valence electrons. The van der Waals surface area contributed by atoms with Crippen molar-refractivity contribution in [3.8, 4) is 0 Å². The van der Waals surface area contributed by atoms with Gasteiger partial charge in [0.05, 0.1) is 33.3 Å². The molecule has 0 aromatic heterocycles. The first-order chi connectivity index (χ1) is 23.6. The number of allylic oxidation sites excluding steroid dienone is 2. The van der Waals surface area contributed by atoms with Gasteiger partial charge in [0.25, 0.3) is 5.69 Å². The summed E-state index contributed by atoms with van der Waals surface area (Å²) in [6, 6.07) is 38.3. The third-order valence-corrected chi connectivity index (χ3v) is 10.8. The van der Waals surface area contributed by atoms with Gasteiger partial charge in [-0.15, -0.1) is 0 Å². The molecule has 4 atom stereocenters. The molecule has 0 N–H and O–H groups in total. The number of hydrogen-bond acceptors (Lipinski definition) is 5. The van der Waals surface area contributed by atoms with Gasteiger partial charge in [-0.1, -0.05) is 132 Å². The van der Waals surface area contributed by atoms with Crippen molar-refractivity contribution < 1.29 is 19.3 Å². The number of imide groups is 1. The van der Waals surface area contributed by atoms with Gasteiger partial charge in [-0.05, 0) is 59.4 Å². The Bertz CT molecular complexity index is 2120. The molecule has 2 aliphatic carbocycles.